The number of halogens is 1. The molecular formula is C13H14FNO3. The van der Waals surface area contributed by atoms with Crippen molar-refractivity contribution in [1.82, 2.24) is 5.32 Å². The first kappa shape index (κ1) is 13.9. The quantitative estimate of drug-likeness (QED) is 0.639. The van der Waals surface area contributed by atoms with Crippen molar-refractivity contribution >= 4 is 11.9 Å². The van der Waals surface area contributed by atoms with E-state index in [1.54, 1.807) is 6.07 Å². The Kier molecular flexibility index (Phi) is 5.05. The van der Waals surface area contributed by atoms with Gasteiger partial charge in [0.15, 0.2) is 0 Å². The lowest BCUT2D eigenvalue weighted by Gasteiger charge is -2.14. The second-order valence-electron chi connectivity index (χ2n) is 3.55. The Bertz CT molecular complexity index is 459. The van der Waals surface area contributed by atoms with Crippen molar-refractivity contribution in [2.45, 2.75) is 12.5 Å². The fourth-order valence-electron chi connectivity index (χ4n) is 1.40. The second kappa shape index (κ2) is 6.54. The molecular weight excluding hydrogens is 237 g/mol. The summed E-state index contributed by atoms with van der Waals surface area (Å²) in [7, 11) is 1.22. The molecule has 1 aromatic carbocycles. The lowest BCUT2D eigenvalue weighted by atomic mass is 10.1. The molecule has 0 saturated carbocycles. The molecule has 0 aromatic heterocycles. The van der Waals surface area contributed by atoms with Crippen LogP contribution in [-0.4, -0.2) is 25.0 Å². The lowest BCUT2D eigenvalue weighted by molar-refractivity contribution is -0.142. The maximum Gasteiger partial charge on any atom is 0.328 e. The summed E-state index contributed by atoms with van der Waals surface area (Å²) in [6.45, 7) is 3.48. The Labute approximate surface area is 104 Å². The maximum atomic E-state index is 13.4. The van der Waals surface area contributed by atoms with E-state index in [4.69, 9.17) is 0 Å². The molecule has 96 valence electrons. The Morgan fingerprint density at radius 2 is 2.17 bits per heavy atom. The Morgan fingerprint density at radius 3 is 2.72 bits per heavy atom. The first-order chi connectivity index (χ1) is 8.60. The third-order valence-corrected chi connectivity index (χ3v) is 2.31. The zero-order valence-corrected chi connectivity index (χ0v) is 9.98. The van der Waals surface area contributed by atoms with Crippen molar-refractivity contribution in [2.75, 3.05) is 7.11 Å². The van der Waals surface area contributed by atoms with Crippen LogP contribution in [0.2, 0.25) is 0 Å². The molecule has 18 heavy (non-hydrogen) atoms. The molecule has 1 atom stereocenters. The van der Waals surface area contributed by atoms with E-state index in [0.717, 1.165) is 0 Å². The summed E-state index contributed by atoms with van der Waals surface area (Å²) in [6, 6.07) is 4.67. The highest BCUT2D eigenvalue weighted by molar-refractivity contribution is 5.97. The fourth-order valence-corrected chi connectivity index (χ4v) is 1.40. The molecule has 1 N–H and O–H groups in total. The van der Waals surface area contributed by atoms with Crippen molar-refractivity contribution in [3.05, 3.63) is 48.3 Å². The molecule has 0 spiro atoms. The highest BCUT2D eigenvalue weighted by Gasteiger charge is 2.21. The van der Waals surface area contributed by atoms with Crippen LogP contribution in [0.5, 0.6) is 0 Å². The van der Waals surface area contributed by atoms with Gasteiger partial charge in [0.05, 0.1) is 12.7 Å². The summed E-state index contributed by atoms with van der Waals surface area (Å²) in [4.78, 5) is 23.2. The van der Waals surface area contributed by atoms with Crippen molar-refractivity contribution in [3.63, 3.8) is 0 Å². The maximum absolute atomic E-state index is 13.4. The van der Waals surface area contributed by atoms with Crippen LogP contribution in [0.15, 0.2) is 36.9 Å². The summed E-state index contributed by atoms with van der Waals surface area (Å²) in [6.07, 6.45) is 1.69. The topological polar surface area (TPSA) is 55.4 Å². The number of carbonyl (C=O) groups is 2. The third kappa shape index (κ3) is 3.41. The minimum Gasteiger partial charge on any atom is -0.467 e. The van der Waals surface area contributed by atoms with Gasteiger partial charge in [-0.3, -0.25) is 4.79 Å². The van der Waals surface area contributed by atoms with E-state index in [-0.39, 0.29) is 12.0 Å². The Balaban J connectivity index is 2.82. The van der Waals surface area contributed by atoms with Gasteiger partial charge in [0.1, 0.15) is 11.9 Å². The van der Waals surface area contributed by atoms with Crippen LogP contribution in [0, 0.1) is 5.82 Å². The third-order valence-electron chi connectivity index (χ3n) is 2.31. The van der Waals surface area contributed by atoms with Gasteiger partial charge in [-0.05, 0) is 18.6 Å². The van der Waals surface area contributed by atoms with Crippen LogP contribution >= 0.6 is 0 Å². The van der Waals surface area contributed by atoms with Gasteiger partial charge in [-0.25, -0.2) is 9.18 Å². The predicted molar refractivity (Wildman–Crippen MR) is 64.5 cm³/mol. The highest BCUT2D eigenvalue weighted by atomic mass is 19.1. The SMILES string of the molecule is C=CC[C@H](NC(=O)c1ccccc1F)C(=O)OC. The molecule has 0 aliphatic rings. The highest BCUT2D eigenvalue weighted by Crippen LogP contribution is 2.07. The molecule has 1 aromatic rings. The van der Waals surface area contributed by atoms with E-state index < -0.39 is 23.7 Å². The summed E-state index contributed by atoms with van der Waals surface area (Å²) in [5.74, 6) is -1.90. The normalized spacial score (nSPS) is 11.4. The molecule has 0 unspecified atom stereocenters. The summed E-state index contributed by atoms with van der Waals surface area (Å²) < 4.78 is 17.9. The summed E-state index contributed by atoms with van der Waals surface area (Å²) in [5, 5.41) is 2.40. The number of methoxy groups -OCH3 is 1. The minimum absolute atomic E-state index is 0.115. The van der Waals surface area contributed by atoms with Gasteiger partial charge >= 0.3 is 5.97 Å². The number of carbonyl (C=O) groups excluding carboxylic acids is 2. The van der Waals surface area contributed by atoms with E-state index in [0.29, 0.717) is 0 Å². The minimum atomic E-state index is -0.861. The molecule has 1 rings (SSSR count). The van der Waals surface area contributed by atoms with Crippen LogP contribution in [0.25, 0.3) is 0 Å². The van der Waals surface area contributed by atoms with Crippen LogP contribution < -0.4 is 5.32 Å². The standard InChI is InChI=1S/C13H14FNO3/c1-3-6-11(13(17)18-2)15-12(16)9-7-4-5-8-10(9)14/h3-5,7-8,11H,1,6H2,2H3,(H,15,16)/t11-/m0/s1. The van der Waals surface area contributed by atoms with E-state index >= 15 is 0 Å². The Hall–Kier alpha value is -2.17. The van der Waals surface area contributed by atoms with Crippen LogP contribution in [0.1, 0.15) is 16.8 Å². The molecule has 0 aliphatic heterocycles. The molecule has 4 nitrogen and oxygen atoms in total. The van der Waals surface area contributed by atoms with Gasteiger partial charge in [0.25, 0.3) is 5.91 Å². The number of hydrogen-bond donors (Lipinski definition) is 1. The monoisotopic (exact) mass is 251 g/mol. The van der Waals surface area contributed by atoms with E-state index in [1.165, 1.54) is 31.4 Å². The van der Waals surface area contributed by atoms with E-state index in [1.807, 2.05) is 0 Å². The van der Waals surface area contributed by atoms with Gasteiger partial charge < -0.3 is 10.1 Å². The smallest absolute Gasteiger partial charge is 0.328 e. The van der Waals surface area contributed by atoms with Crippen molar-refractivity contribution in [1.29, 1.82) is 0 Å². The zero-order chi connectivity index (χ0) is 13.5. The number of ether oxygens (including phenoxy) is 1. The van der Waals surface area contributed by atoms with Gasteiger partial charge in [0, 0.05) is 0 Å². The molecule has 1 amide bonds. The number of amides is 1. The Morgan fingerprint density at radius 1 is 1.50 bits per heavy atom. The van der Waals surface area contributed by atoms with Crippen molar-refractivity contribution < 1.29 is 18.7 Å². The van der Waals surface area contributed by atoms with Crippen molar-refractivity contribution in [2.24, 2.45) is 0 Å². The molecule has 0 saturated heterocycles. The average Bonchev–Trinajstić information content (AvgIpc) is 2.37. The van der Waals surface area contributed by atoms with Gasteiger partial charge in [-0.15, -0.1) is 6.58 Å². The van der Waals surface area contributed by atoms with Gasteiger partial charge in [0.2, 0.25) is 0 Å². The van der Waals surface area contributed by atoms with Gasteiger partial charge in [-0.2, -0.15) is 0 Å². The van der Waals surface area contributed by atoms with Crippen LogP contribution in [0.4, 0.5) is 4.39 Å². The average molecular weight is 251 g/mol. The zero-order valence-electron chi connectivity index (χ0n) is 9.98. The van der Waals surface area contributed by atoms with Crippen molar-refractivity contribution in [3.8, 4) is 0 Å². The predicted octanol–water partition coefficient (Wildman–Crippen LogP) is 1.67. The van der Waals surface area contributed by atoms with Crippen LogP contribution in [-0.2, 0) is 9.53 Å². The van der Waals surface area contributed by atoms with Gasteiger partial charge in [-0.1, -0.05) is 18.2 Å². The molecule has 0 aliphatic carbocycles. The molecule has 0 radical (unpaired) electrons. The number of benzene rings is 1. The van der Waals surface area contributed by atoms with Crippen LogP contribution in [0.3, 0.4) is 0 Å². The molecule has 0 heterocycles. The summed E-state index contributed by atoms with van der Waals surface area (Å²) >= 11 is 0. The lowest BCUT2D eigenvalue weighted by Crippen LogP contribution is -2.41. The number of esters is 1. The fraction of sp³-hybridized carbons (Fsp3) is 0.231. The van der Waals surface area contributed by atoms with E-state index in [2.05, 4.69) is 16.6 Å². The number of rotatable bonds is 5. The number of hydrogen-bond acceptors (Lipinski definition) is 3. The molecule has 0 fully saturated rings. The second-order valence-corrected chi connectivity index (χ2v) is 3.55. The first-order valence-electron chi connectivity index (χ1n) is 5.34. The van der Waals surface area contributed by atoms with E-state index in [9.17, 15) is 14.0 Å². The summed E-state index contributed by atoms with van der Waals surface area (Å²) in [5.41, 5.74) is -0.115. The first-order valence-corrected chi connectivity index (χ1v) is 5.34. The number of nitrogens with one attached hydrogen (secondary N) is 1. The molecule has 5 heteroatoms. The molecule has 0 bridgehead atoms. The largest absolute Gasteiger partial charge is 0.467 e.